The van der Waals surface area contributed by atoms with Gasteiger partial charge in [0.25, 0.3) is 5.91 Å². The highest BCUT2D eigenvalue weighted by Crippen LogP contribution is 2.43. The molecule has 0 unspecified atom stereocenters. The Bertz CT molecular complexity index is 1310. The van der Waals surface area contributed by atoms with E-state index in [9.17, 15) is 9.18 Å². The summed E-state index contributed by atoms with van der Waals surface area (Å²) in [6.45, 7) is 2.19. The van der Waals surface area contributed by atoms with Gasteiger partial charge in [-0.2, -0.15) is 0 Å². The maximum Gasteiger partial charge on any atom is 0.255 e. The molecule has 4 heterocycles. The number of H-pyrrole nitrogens is 1. The smallest absolute Gasteiger partial charge is 0.255 e. The third kappa shape index (κ3) is 5.35. The topological polar surface area (TPSA) is 101 Å². The Morgan fingerprint density at radius 2 is 2.03 bits per heavy atom. The molecule has 3 aromatic rings. The Morgan fingerprint density at radius 3 is 2.74 bits per heavy atom. The number of ether oxygens (including phenoxy) is 3. The van der Waals surface area contributed by atoms with Gasteiger partial charge in [-0.3, -0.25) is 9.78 Å². The van der Waals surface area contributed by atoms with Gasteiger partial charge in [-0.1, -0.05) is 17.7 Å². The molecule has 0 bridgehead atoms. The molecule has 11 heteroatoms. The van der Waals surface area contributed by atoms with Crippen LogP contribution in [-0.4, -0.2) is 80.5 Å². The first-order valence-electron chi connectivity index (χ1n) is 12.5. The summed E-state index contributed by atoms with van der Waals surface area (Å²) < 4.78 is 32.6. The first-order chi connectivity index (χ1) is 18.4. The lowest BCUT2D eigenvalue weighted by atomic mass is 9.91. The van der Waals surface area contributed by atoms with Crippen LogP contribution in [0.2, 0.25) is 5.02 Å². The number of rotatable bonds is 8. The number of pyridine rings is 1. The number of nitrogens with one attached hydrogen (secondary N) is 3. The van der Waals surface area contributed by atoms with E-state index in [1.807, 2.05) is 14.1 Å². The van der Waals surface area contributed by atoms with E-state index in [0.717, 1.165) is 12.7 Å². The molecule has 1 fully saturated rings. The predicted octanol–water partition coefficient (Wildman–Crippen LogP) is 4.18. The van der Waals surface area contributed by atoms with E-state index in [-0.39, 0.29) is 29.6 Å². The van der Waals surface area contributed by atoms with Crippen LogP contribution in [0, 0.1) is 5.82 Å². The van der Waals surface area contributed by atoms with Gasteiger partial charge in [0.05, 0.1) is 66.4 Å². The van der Waals surface area contributed by atoms with E-state index in [2.05, 4.69) is 25.5 Å². The summed E-state index contributed by atoms with van der Waals surface area (Å²) in [5, 5.41) is 6.69. The zero-order valence-corrected chi connectivity index (χ0v) is 22.3. The molecular formula is C27H31ClFN5O4. The van der Waals surface area contributed by atoms with Gasteiger partial charge < -0.3 is 34.7 Å². The number of likely N-dealkylation sites (N-methyl/N-ethyl adjacent to an activating group) is 1. The monoisotopic (exact) mass is 543 g/mol. The van der Waals surface area contributed by atoms with E-state index < -0.39 is 5.82 Å². The zero-order valence-electron chi connectivity index (χ0n) is 21.5. The molecule has 2 aromatic heterocycles. The van der Waals surface area contributed by atoms with E-state index in [1.54, 1.807) is 24.3 Å². The second-order valence-electron chi connectivity index (χ2n) is 9.78. The quantitative estimate of drug-likeness (QED) is 0.392. The second kappa shape index (κ2) is 11.3. The van der Waals surface area contributed by atoms with Crippen molar-refractivity contribution in [1.82, 2.24) is 20.2 Å². The molecule has 0 saturated carbocycles. The van der Waals surface area contributed by atoms with Crippen molar-refractivity contribution in [3.63, 3.8) is 0 Å². The summed E-state index contributed by atoms with van der Waals surface area (Å²) >= 11 is 6.34. The first kappa shape index (κ1) is 26.4. The maximum atomic E-state index is 15.0. The number of anilines is 2. The van der Waals surface area contributed by atoms with Crippen molar-refractivity contribution >= 4 is 28.9 Å². The minimum absolute atomic E-state index is 0.0260. The van der Waals surface area contributed by atoms with Gasteiger partial charge in [0.15, 0.2) is 11.6 Å². The molecule has 3 N–H and O–H groups in total. The highest BCUT2D eigenvalue weighted by Gasteiger charge is 2.36. The van der Waals surface area contributed by atoms with Crippen LogP contribution in [-0.2, 0) is 9.47 Å². The number of amides is 1. The molecule has 3 atom stereocenters. The fourth-order valence-corrected chi connectivity index (χ4v) is 5.32. The van der Waals surface area contributed by atoms with Gasteiger partial charge in [0, 0.05) is 36.5 Å². The Hall–Kier alpha value is -3.18. The van der Waals surface area contributed by atoms with Crippen molar-refractivity contribution in [2.75, 3.05) is 52.8 Å². The van der Waals surface area contributed by atoms with Crippen molar-refractivity contribution < 1.29 is 23.4 Å². The molecule has 1 saturated heterocycles. The molecule has 0 spiro atoms. The average Bonchev–Trinajstić information content (AvgIpc) is 3.27. The predicted molar refractivity (Wildman–Crippen MR) is 143 cm³/mol. The molecule has 2 aliphatic rings. The second-order valence-corrected chi connectivity index (χ2v) is 10.2. The van der Waals surface area contributed by atoms with Crippen molar-refractivity contribution in [3.05, 3.63) is 58.8 Å². The number of aromatic amines is 1. The minimum Gasteiger partial charge on any atom is -0.493 e. The Morgan fingerprint density at radius 1 is 1.24 bits per heavy atom. The van der Waals surface area contributed by atoms with Gasteiger partial charge in [-0.25, -0.2) is 4.39 Å². The van der Waals surface area contributed by atoms with Crippen LogP contribution >= 0.6 is 11.6 Å². The number of carbonyl (C=O) groups is 1. The van der Waals surface area contributed by atoms with E-state index in [4.69, 9.17) is 25.8 Å². The standard InChI is InChI=1S/C27H31ClFN5O4/c1-34(2)12-17-14-37-16(13-38-17)9-15-10-31-27(35)22-23(15)33-24(18-7-8-30-11-20(18)29)25(22)32-21-6-4-5-19(28)26(21)36-3/h4-8,11,15-17,32-33H,9-10,12-14H2,1-3H3,(H,31,35)/t15-,16+,17-/m1/s1. The molecule has 2 aliphatic heterocycles. The molecule has 9 nitrogen and oxygen atoms in total. The minimum atomic E-state index is -0.514. The SMILES string of the molecule is COc1c(Cl)cccc1Nc1c(-c2ccncc2F)[nH]c2c1C(=O)NC[C@H]2C[C@H]1CO[C@H](CN(C)C)CO1. The normalized spacial score (nSPS) is 21.2. The highest BCUT2D eigenvalue weighted by atomic mass is 35.5. The number of halogens is 2. The Labute approximate surface area is 225 Å². The van der Waals surface area contributed by atoms with E-state index in [0.29, 0.717) is 65.3 Å². The van der Waals surface area contributed by atoms with Crippen LogP contribution in [0.4, 0.5) is 15.8 Å². The summed E-state index contributed by atoms with van der Waals surface area (Å²) in [5.74, 6) is -0.455. The van der Waals surface area contributed by atoms with Crippen LogP contribution in [0.5, 0.6) is 5.75 Å². The maximum absolute atomic E-state index is 15.0. The number of aromatic nitrogens is 2. The number of fused-ring (bicyclic) bond motifs is 1. The van der Waals surface area contributed by atoms with Gasteiger partial charge in [0.1, 0.15) is 0 Å². The lowest BCUT2D eigenvalue weighted by molar-refractivity contribution is -0.140. The average molecular weight is 544 g/mol. The van der Waals surface area contributed by atoms with Gasteiger partial charge in [-0.15, -0.1) is 0 Å². The molecular weight excluding hydrogens is 513 g/mol. The summed E-state index contributed by atoms with van der Waals surface area (Å²) in [7, 11) is 5.52. The van der Waals surface area contributed by atoms with Crippen LogP contribution in [0.15, 0.2) is 36.7 Å². The van der Waals surface area contributed by atoms with E-state index in [1.165, 1.54) is 13.3 Å². The Kier molecular flexibility index (Phi) is 7.85. The summed E-state index contributed by atoms with van der Waals surface area (Å²) in [6, 6.07) is 6.83. The molecule has 1 amide bonds. The number of hydrogen-bond acceptors (Lipinski definition) is 7. The van der Waals surface area contributed by atoms with Crippen molar-refractivity contribution in [3.8, 4) is 17.0 Å². The number of hydrogen-bond donors (Lipinski definition) is 3. The molecule has 0 aliphatic carbocycles. The van der Waals surface area contributed by atoms with Gasteiger partial charge in [-0.05, 0) is 38.7 Å². The zero-order chi connectivity index (χ0) is 26.8. The fourth-order valence-electron chi connectivity index (χ4n) is 5.07. The molecule has 202 valence electrons. The fraction of sp³-hybridized carbons (Fsp3) is 0.407. The third-order valence-corrected chi connectivity index (χ3v) is 7.10. The summed E-state index contributed by atoms with van der Waals surface area (Å²) in [6.07, 6.45) is 3.18. The number of methoxy groups -OCH3 is 1. The van der Waals surface area contributed by atoms with E-state index >= 15 is 0 Å². The van der Waals surface area contributed by atoms with Crippen LogP contribution in [0.25, 0.3) is 11.3 Å². The summed E-state index contributed by atoms with van der Waals surface area (Å²) in [4.78, 5) is 22.6. The number of para-hydroxylation sites is 1. The van der Waals surface area contributed by atoms with Gasteiger partial charge in [0.2, 0.25) is 0 Å². The van der Waals surface area contributed by atoms with Gasteiger partial charge >= 0.3 is 0 Å². The number of benzene rings is 1. The van der Waals surface area contributed by atoms with Crippen LogP contribution in [0.1, 0.15) is 28.4 Å². The van der Waals surface area contributed by atoms with Crippen molar-refractivity contribution in [2.45, 2.75) is 24.5 Å². The number of carbonyl (C=O) groups excluding carboxylic acids is 1. The highest BCUT2D eigenvalue weighted by molar-refractivity contribution is 6.32. The lowest BCUT2D eigenvalue weighted by Crippen LogP contribution is -2.43. The molecule has 0 radical (unpaired) electrons. The number of nitrogens with zero attached hydrogens (tertiary/aromatic N) is 2. The lowest BCUT2D eigenvalue weighted by Gasteiger charge is -2.33. The molecule has 5 rings (SSSR count). The molecule has 1 aromatic carbocycles. The van der Waals surface area contributed by atoms with Crippen molar-refractivity contribution in [1.29, 1.82) is 0 Å². The Balaban J connectivity index is 1.51. The van der Waals surface area contributed by atoms with Crippen LogP contribution < -0.4 is 15.4 Å². The van der Waals surface area contributed by atoms with Crippen LogP contribution in [0.3, 0.4) is 0 Å². The van der Waals surface area contributed by atoms with Crippen molar-refractivity contribution in [2.24, 2.45) is 0 Å². The largest absolute Gasteiger partial charge is 0.493 e. The third-order valence-electron chi connectivity index (χ3n) is 6.80. The molecule has 38 heavy (non-hydrogen) atoms. The summed E-state index contributed by atoms with van der Waals surface area (Å²) in [5.41, 5.74) is 2.82. The first-order valence-corrected chi connectivity index (χ1v) is 12.8.